The van der Waals surface area contributed by atoms with Gasteiger partial charge in [-0.1, -0.05) is 30.3 Å². The highest BCUT2D eigenvalue weighted by Crippen LogP contribution is 2.27. The van der Waals surface area contributed by atoms with E-state index >= 15 is 0 Å². The molecule has 0 saturated heterocycles. The van der Waals surface area contributed by atoms with Gasteiger partial charge < -0.3 is 10.1 Å². The maximum absolute atomic E-state index is 5.48. The average molecular weight is 282 g/mol. The predicted molar refractivity (Wildman–Crippen MR) is 82.0 cm³/mol. The van der Waals surface area contributed by atoms with Crippen LogP contribution in [0.4, 0.5) is 0 Å². The first-order valence-corrected chi connectivity index (χ1v) is 6.88. The molecule has 21 heavy (non-hydrogen) atoms. The van der Waals surface area contributed by atoms with Crippen LogP contribution in [0.25, 0.3) is 10.8 Å². The molecular weight excluding hydrogens is 264 g/mol. The standard InChI is InChI=1S/C16H18N4O/c1-20-11-18-16(19-20)10-17-9-14-13-6-4-3-5-12(13)7-8-15(14)21-2/h3-8,11,17H,9-10H2,1-2H3. The van der Waals surface area contributed by atoms with E-state index in [0.29, 0.717) is 13.1 Å². The van der Waals surface area contributed by atoms with Crippen LogP contribution in [0.3, 0.4) is 0 Å². The maximum Gasteiger partial charge on any atom is 0.164 e. The lowest BCUT2D eigenvalue weighted by Crippen LogP contribution is -2.15. The number of rotatable bonds is 5. The second-order valence-electron chi connectivity index (χ2n) is 4.91. The van der Waals surface area contributed by atoms with Crippen molar-refractivity contribution in [1.29, 1.82) is 0 Å². The van der Waals surface area contributed by atoms with E-state index in [2.05, 4.69) is 33.6 Å². The van der Waals surface area contributed by atoms with Gasteiger partial charge in [-0.15, -0.1) is 0 Å². The number of hydrogen-bond acceptors (Lipinski definition) is 4. The first-order chi connectivity index (χ1) is 10.3. The monoisotopic (exact) mass is 282 g/mol. The average Bonchev–Trinajstić information content (AvgIpc) is 2.93. The normalized spacial score (nSPS) is 11.0. The van der Waals surface area contributed by atoms with Crippen LogP contribution in [0, 0.1) is 0 Å². The van der Waals surface area contributed by atoms with Crippen LogP contribution in [0.2, 0.25) is 0 Å². The summed E-state index contributed by atoms with van der Waals surface area (Å²) in [5, 5.41) is 10.1. The molecule has 1 aromatic heterocycles. The molecule has 0 aliphatic carbocycles. The van der Waals surface area contributed by atoms with Gasteiger partial charge in [0.15, 0.2) is 5.82 Å². The zero-order valence-corrected chi connectivity index (χ0v) is 12.2. The van der Waals surface area contributed by atoms with Crippen molar-refractivity contribution in [3.63, 3.8) is 0 Å². The Labute approximate surface area is 123 Å². The van der Waals surface area contributed by atoms with Crippen LogP contribution < -0.4 is 10.1 Å². The highest BCUT2D eigenvalue weighted by Gasteiger charge is 2.08. The van der Waals surface area contributed by atoms with Crippen molar-refractivity contribution in [2.24, 2.45) is 7.05 Å². The molecule has 0 radical (unpaired) electrons. The lowest BCUT2D eigenvalue weighted by Gasteiger charge is -2.12. The second kappa shape index (κ2) is 5.93. The third-order valence-corrected chi connectivity index (χ3v) is 3.45. The summed E-state index contributed by atoms with van der Waals surface area (Å²) in [6.45, 7) is 1.34. The number of hydrogen-bond donors (Lipinski definition) is 1. The van der Waals surface area contributed by atoms with E-state index < -0.39 is 0 Å². The quantitative estimate of drug-likeness (QED) is 0.780. The Morgan fingerprint density at radius 3 is 2.76 bits per heavy atom. The van der Waals surface area contributed by atoms with Crippen molar-refractivity contribution >= 4 is 10.8 Å². The summed E-state index contributed by atoms with van der Waals surface area (Å²) in [5.41, 5.74) is 1.16. The molecule has 3 aromatic rings. The Balaban J connectivity index is 1.81. The number of benzene rings is 2. The molecule has 0 aliphatic rings. The second-order valence-corrected chi connectivity index (χ2v) is 4.91. The summed E-state index contributed by atoms with van der Waals surface area (Å²) in [5.74, 6) is 1.69. The summed E-state index contributed by atoms with van der Waals surface area (Å²) >= 11 is 0. The summed E-state index contributed by atoms with van der Waals surface area (Å²) in [6.07, 6.45) is 1.70. The molecule has 3 rings (SSSR count). The minimum Gasteiger partial charge on any atom is -0.496 e. The van der Waals surface area contributed by atoms with Crippen molar-refractivity contribution in [2.75, 3.05) is 7.11 Å². The molecule has 2 aromatic carbocycles. The lowest BCUT2D eigenvalue weighted by molar-refractivity contribution is 0.408. The zero-order chi connectivity index (χ0) is 14.7. The molecule has 0 amide bonds. The van der Waals surface area contributed by atoms with Gasteiger partial charge in [-0.3, -0.25) is 4.68 Å². The largest absolute Gasteiger partial charge is 0.496 e. The number of ether oxygens (including phenoxy) is 1. The van der Waals surface area contributed by atoms with Gasteiger partial charge in [-0.05, 0) is 16.8 Å². The van der Waals surface area contributed by atoms with Crippen molar-refractivity contribution in [1.82, 2.24) is 20.1 Å². The molecule has 0 saturated carbocycles. The van der Waals surface area contributed by atoms with Crippen molar-refractivity contribution in [3.05, 3.63) is 54.1 Å². The number of nitrogens with one attached hydrogen (secondary N) is 1. The third-order valence-electron chi connectivity index (χ3n) is 3.45. The SMILES string of the molecule is COc1ccc2ccccc2c1CNCc1ncn(C)n1. The molecule has 0 unspecified atom stereocenters. The Kier molecular flexibility index (Phi) is 3.83. The molecule has 0 fully saturated rings. The topological polar surface area (TPSA) is 52.0 Å². The van der Waals surface area contributed by atoms with Gasteiger partial charge in [-0.2, -0.15) is 5.10 Å². The molecule has 1 heterocycles. The summed E-state index contributed by atoms with van der Waals surface area (Å²) < 4.78 is 7.19. The van der Waals surface area contributed by atoms with Crippen LogP contribution in [0.1, 0.15) is 11.4 Å². The van der Waals surface area contributed by atoms with Crippen LogP contribution in [-0.4, -0.2) is 21.9 Å². The van der Waals surface area contributed by atoms with Gasteiger partial charge in [0.25, 0.3) is 0 Å². The summed E-state index contributed by atoms with van der Waals surface area (Å²) in [7, 11) is 3.57. The summed E-state index contributed by atoms with van der Waals surface area (Å²) in [4.78, 5) is 4.21. The van der Waals surface area contributed by atoms with Crippen LogP contribution in [0.5, 0.6) is 5.75 Å². The number of fused-ring (bicyclic) bond motifs is 1. The van der Waals surface area contributed by atoms with E-state index in [1.54, 1.807) is 18.1 Å². The molecule has 1 N–H and O–H groups in total. The third kappa shape index (κ3) is 2.87. The van der Waals surface area contributed by atoms with Crippen LogP contribution >= 0.6 is 0 Å². The van der Waals surface area contributed by atoms with Gasteiger partial charge >= 0.3 is 0 Å². The zero-order valence-electron chi connectivity index (χ0n) is 12.2. The molecule has 0 atom stereocenters. The Bertz CT molecular complexity index is 751. The highest BCUT2D eigenvalue weighted by molar-refractivity contribution is 5.87. The van der Waals surface area contributed by atoms with Gasteiger partial charge in [0.1, 0.15) is 12.1 Å². The molecule has 108 valence electrons. The predicted octanol–water partition coefficient (Wildman–Crippen LogP) is 2.27. The fourth-order valence-electron chi connectivity index (χ4n) is 2.45. The van der Waals surface area contributed by atoms with Gasteiger partial charge in [0, 0.05) is 19.2 Å². The fourth-order valence-corrected chi connectivity index (χ4v) is 2.45. The number of aromatic nitrogens is 3. The highest BCUT2D eigenvalue weighted by atomic mass is 16.5. The molecule has 5 heteroatoms. The Hall–Kier alpha value is -2.40. The van der Waals surface area contributed by atoms with Crippen LogP contribution in [0.15, 0.2) is 42.7 Å². The fraction of sp³-hybridized carbons (Fsp3) is 0.250. The van der Waals surface area contributed by atoms with Gasteiger partial charge in [-0.25, -0.2) is 4.98 Å². The van der Waals surface area contributed by atoms with E-state index in [1.807, 2.05) is 25.2 Å². The number of methoxy groups -OCH3 is 1. The van der Waals surface area contributed by atoms with E-state index in [-0.39, 0.29) is 0 Å². The smallest absolute Gasteiger partial charge is 0.164 e. The van der Waals surface area contributed by atoms with E-state index in [9.17, 15) is 0 Å². The first kappa shape index (κ1) is 13.6. The van der Waals surface area contributed by atoms with Crippen molar-refractivity contribution in [2.45, 2.75) is 13.1 Å². The number of nitrogens with zero attached hydrogens (tertiary/aromatic N) is 3. The molecule has 0 bridgehead atoms. The Morgan fingerprint density at radius 2 is 2.00 bits per heavy atom. The summed E-state index contributed by atoms with van der Waals surface area (Å²) in [6, 6.07) is 12.4. The van der Waals surface area contributed by atoms with E-state index in [4.69, 9.17) is 4.74 Å². The molecular formula is C16H18N4O. The van der Waals surface area contributed by atoms with Crippen molar-refractivity contribution in [3.8, 4) is 5.75 Å². The van der Waals surface area contributed by atoms with Gasteiger partial charge in [0.05, 0.1) is 13.7 Å². The lowest BCUT2D eigenvalue weighted by atomic mass is 10.0. The van der Waals surface area contributed by atoms with Gasteiger partial charge in [0.2, 0.25) is 0 Å². The Morgan fingerprint density at radius 1 is 1.14 bits per heavy atom. The maximum atomic E-state index is 5.48. The molecule has 0 aliphatic heterocycles. The number of aryl methyl sites for hydroxylation is 1. The minimum absolute atomic E-state index is 0.632. The van der Waals surface area contributed by atoms with Crippen LogP contribution in [-0.2, 0) is 20.1 Å². The molecule has 0 spiro atoms. The van der Waals surface area contributed by atoms with Crippen molar-refractivity contribution < 1.29 is 4.74 Å². The first-order valence-electron chi connectivity index (χ1n) is 6.88. The van der Waals surface area contributed by atoms with E-state index in [1.165, 1.54) is 10.8 Å². The van der Waals surface area contributed by atoms with E-state index in [0.717, 1.165) is 17.1 Å². The minimum atomic E-state index is 0.632. The molecule has 5 nitrogen and oxygen atoms in total.